The lowest BCUT2D eigenvalue weighted by Gasteiger charge is -2.15. The van der Waals surface area contributed by atoms with Gasteiger partial charge in [-0.2, -0.15) is 0 Å². The maximum atomic E-state index is 13.3. The van der Waals surface area contributed by atoms with Crippen LogP contribution in [-0.2, 0) is 17.9 Å². The van der Waals surface area contributed by atoms with Gasteiger partial charge in [0.25, 0.3) is 5.56 Å². The minimum absolute atomic E-state index is 0.171. The minimum atomic E-state index is -0.646. The lowest BCUT2D eigenvalue weighted by Crippen LogP contribution is -2.41. The summed E-state index contributed by atoms with van der Waals surface area (Å²) in [7, 11) is 0. The van der Waals surface area contributed by atoms with Gasteiger partial charge in [-0.15, -0.1) is 0 Å². The number of hydrogen-bond donors (Lipinski definition) is 1. The first kappa shape index (κ1) is 21.5. The lowest BCUT2D eigenvalue weighted by atomic mass is 10.2. The number of aromatic nitrogens is 2. The molecule has 0 aliphatic rings. The Labute approximate surface area is 187 Å². The van der Waals surface area contributed by atoms with Gasteiger partial charge in [-0.1, -0.05) is 35.9 Å². The zero-order valence-corrected chi connectivity index (χ0v) is 17.9. The van der Waals surface area contributed by atoms with Gasteiger partial charge in [0.05, 0.1) is 16.6 Å². The number of carbonyl (C=O) groups excluding carboxylic acids is 1. The van der Waals surface area contributed by atoms with Crippen LogP contribution < -0.4 is 16.6 Å². The smallest absolute Gasteiger partial charge is 0.336 e. The largest absolute Gasteiger partial charge is 0.350 e. The molecule has 8 heteroatoms. The van der Waals surface area contributed by atoms with E-state index in [0.717, 1.165) is 10.1 Å². The monoisotopic (exact) mass is 451 g/mol. The summed E-state index contributed by atoms with van der Waals surface area (Å²) < 4.78 is 15.3. The molecular weight excluding hydrogens is 433 g/mol. The molecule has 0 aliphatic carbocycles. The lowest BCUT2D eigenvalue weighted by molar-refractivity contribution is -0.121. The maximum Gasteiger partial charge on any atom is 0.336 e. The van der Waals surface area contributed by atoms with Gasteiger partial charge >= 0.3 is 5.69 Å². The fourth-order valence-electron chi connectivity index (χ4n) is 3.49. The number of rotatable bonds is 5. The van der Waals surface area contributed by atoms with Gasteiger partial charge in [0.2, 0.25) is 5.91 Å². The number of fused-ring (bicyclic) bond motifs is 1. The van der Waals surface area contributed by atoms with Crippen LogP contribution in [0.4, 0.5) is 4.39 Å². The highest BCUT2D eigenvalue weighted by Gasteiger charge is 2.17. The van der Waals surface area contributed by atoms with Crippen molar-refractivity contribution in [1.82, 2.24) is 14.5 Å². The van der Waals surface area contributed by atoms with Gasteiger partial charge in [-0.25, -0.2) is 13.8 Å². The number of hydrogen-bond acceptors (Lipinski definition) is 3. The summed E-state index contributed by atoms with van der Waals surface area (Å²) in [6.07, 6.45) is 0. The molecular formula is C24H19ClFN3O3. The normalized spacial score (nSPS) is 11.0. The number of aryl methyl sites for hydroxylation is 1. The molecule has 4 rings (SSSR count). The van der Waals surface area contributed by atoms with Crippen LogP contribution in [0.1, 0.15) is 11.1 Å². The molecule has 4 aromatic rings. The highest BCUT2D eigenvalue weighted by Crippen LogP contribution is 2.17. The zero-order valence-electron chi connectivity index (χ0n) is 17.1. The maximum absolute atomic E-state index is 13.3. The Balaban J connectivity index is 1.76. The van der Waals surface area contributed by atoms with Crippen molar-refractivity contribution in [3.63, 3.8) is 0 Å². The Kier molecular flexibility index (Phi) is 5.92. The molecule has 1 heterocycles. The summed E-state index contributed by atoms with van der Waals surface area (Å²) in [6.45, 7) is 1.71. The molecule has 0 atom stereocenters. The predicted molar refractivity (Wildman–Crippen MR) is 122 cm³/mol. The first-order valence-electron chi connectivity index (χ1n) is 9.87. The molecule has 0 bridgehead atoms. The second kappa shape index (κ2) is 8.80. The third-order valence-electron chi connectivity index (χ3n) is 5.07. The summed E-state index contributed by atoms with van der Waals surface area (Å²) in [5, 5.41) is 3.32. The zero-order chi connectivity index (χ0) is 22.8. The highest BCUT2D eigenvalue weighted by atomic mass is 35.5. The fraction of sp³-hybridized carbons (Fsp3) is 0.125. The molecule has 1 aromatic heterocycles. The van der Waals surface area contributed by atoms with E-state index < -0.39 is 17.2 Å². The topological polar surface area (TPSA) is 73.1 Å². The molecule has 0 radical (unpaired) electrons. The number of nitrogens with zero attached hydrogens (tertiary/aromatic N) is 2. The minimum Gasteiger partial charge on any atom is -0.350 e. The number of benzene rings is 3. The molecule has 0 spiro atoms. The van der Waals surface area contributed by atoms with Gasteiger partial charge in [-0.3, -0.25) is 14.2 Å². The van der Waals surface area contributed by atoms with Crippen LogP contribution in [-0.4, -0.2) is 15.0 Å². The van der Waals surface area contributed by atoms with E-state index in [2.05, 4.69) is 5.32 Å². The van der Waals surface area contributed by atoms with E-state index in [0.29, 0.717) is 16.3 Å². The van der Waals surface area contributed by atoms with E-state index in [1.54, 1.807) is 42.5 Å². The van der Waals surface area contributed by atoms with Crippen molar-refractivity contribution >= 4 is 28.4 Å². The number of amides is 1. The average molecular weight is 452 g/mol. The summed E-state index contributed by atoms with van der Waals surface area (Å²) in [5.41, 5.74) is 1.14. The van der Waals surface area contributed by atoms with Gasteiger partial charge < -0.3 is 5.32 Å². The summed E-state index contributed by atoms with van der Waals surface area (Å²) in [4.78, 5) is 39.1. The van der Waals surface area contributed by atoms with Gasteiger partial charge in [0, 0.05) is 11.6 Å². The van der Waals surface area contributed by atoms with Crippen LogP contribution >= 0.6 is 11.6 Å². The first-order valence-corrected chi connectivity index (χ1v) is 10.2. The van der Waals surface area contributed by atoms with Crippen LogP contribution in [0.25, 0.3) is 16.6 Å². The second-order valence-electron chi connectivity index (χ2n) is 7.41. The van der Waals surface area contributed by atoms with E-state index >= 15 is 0 Å². The van der Waals surface area contributed by atoms with Crippen molar-refractivity contribution in [2.24, 2.45) is 0 Å². The average Bonchev–Trinajstić information content (AvgIpc) is 2.76. The predicted octanol–water partition coefficient (Wildman–Crippen LogP) is 3.57. The Hall–Kier alpha value is -3.71. The quantitative estimate of drug-likeness (QED) is 0.504. The Bertz CT molecular complexity index is 1440. The third-order valence-corrected chi connectivity index (χ3v) is 5.31. The fourth-order valence-corrected chi connectivity index (χ4v) is 3.66. The van der Waals surface area contributed by atoms with Crippen LogP contribution in [0.3, 0.4) is 0 Å². The Morgan fingerprint density at radius 3 is 2.50 bits per heavy atom. The molecule has 1 N–H and O–H groups in total. The van der Waals surface area contributed by atoms with E-state index in [1.165, 1.54) is 22.8 Å². The molecule has 0 fully saturated rings. The Morgan fingerprint density at radius 1 is 1.03 bits per heavy atom. The highest BCUT2D eigenvalue weighted by molar-refractivity contribution is 6.31. The van der Waals surface area contributed by atoms with E-state index in [1.807, 2.05) is 13.0 Å². The van der Waals surface area contributed by atoms with E-state index in [4.69, 9.17) is 11.6 Å². The molecule has 0 saturated heterocycles. The van der Waals surface area contributed by atoms with Gasteiger partial charge in [-0.05, 0) is 60.5 Å². The van der Waals surface area contributed by atoms with Crippen molar-refractivity contribution in [2.45, 2.75) is 20.0 Å². The van der Waals surface area contributed by atoms with Crippen molar-refractivity contribution < 1.29 is 9.18 Å². The molecule has 0 aliphatic heterocycles. The van der Waals surface area contributed by atoms with E-state index in [-0.39, 0.29) is 29.8 Å². The standard InChI is InChI=1S/C24H19ClFN3O3/c1-15-3-2-4-19(11-15)29-23(31)20-10-7-17(25)12-21(20)28(24(29)32)14-22(30)27-13-16-5-8-18(26)9-6-16/h2-12H,13-14H2,1H3,(H,27,30). The number of nitrogens with one attached hydrogen (secondary N) is 1. The van der Waals surface area contributed by atoms with Crippen LogP contribution in [0, 0.1) is 12.7 Å². The van der Waals surface area contributed by atoms with Crippen LogP contribution in [0.5, 0.6) is 0 Å². The molecule has 32 heavy (non-hydrogen) atoms. The first-order chi connectivity index (χ1) is 15.3. The second-order valence-corrected chi connectivity index (χ2v) is 7.85. The molecule has 1 amide bonds. The molecule has 6 nitrogen and oxygen atoms in total. The van der Waals surface area contributed by atoms with Crippen molar-refractivity contribution in [3.8, 4) is 5.69 Å². The van der Waals surface area contributed by atoms with Crippen molar-refractivity contribution in [3.05, 3.63) is 110 Å². The van der Waals surface area contributed by atoms with E-state index in [9.17, 15) is 18.8 Å². The van der Waals surface area contributed by atoms with Gasteiger partial charge in [0.1, 0.15) is 12.4 Å². The molecule has 0 unspecified atom stereocenters. The van der Waals surface area contributed by atoms with Gasteiger partial charge in [0.15, 0.2) is 0 Å². The van der Waals surface area contributed by atoms with Crippen LogP contribution in [0.15, 0.2) is 76.3 Å². The molecule has 0 saturated carbocycles. The summed E-state index contributed by atoms with van der Waals surface area (Å²) >= 11 is 6.11. The summed E-state index contributed by atoms with van der Waals surface area (Å²) in [6, 6.07) is 17.3. The SMILES string of the molecule is Cc1cccc(-n2c(=O)c3ccc(Cl)cc3n(CC(=O)NCc3ccc(F)cc3)c2=O)c1. The number of carbonyl (C=O) groups is 1. The van der Waals surface area contributed by atoms with Crippen LogP contribution in [0.2, 0.25) is 5.02 Å². The third kappa shape index (κ3) is 4.33. The molecule has 3 aromatic carbocycles. The van der Waals surface area contributed by atoms with Crippen molar-refractivity contribution in [2.75, 3.05) is 0 Å². The number of halogens is 2. The Morgan fingerprint density at radius 2 is 1.78 bits per heavy atom. The summed E-state index contributed by atoms with van der Waals surface area (Å²) in [5.74, 6) is -0.805. The van der Waals surface area contributed by atoms with Crippen molar-refractivity contribution in [1.29, 1.82) is 0 Å². The molecule has 162 valence electrons.